The molecular formula is C16H17F2N. The first-order valence-electron chi connectivity index (χ1n) is 6.27. The van der Waals surface area contributed by atoms with Crippen LogP contribution in [0.5, 0.6) is 0 Å². The van der Waals surface area contributed by atoms with E-state index in [0.29, 0.717) is 6.54 Å². The summed E-state index contributed by atoms with van der Waals surface area (Å²) < 4.78 is 26.0. The Morgan fingerprint density at radius 3 is 2.32 bits per heavy atom. The molecule has 2 aromatic carbocycles. The van der Waals surface area contributed by atoms with Crippen LogP contribution >= 0.6 is 0 Å². The van der Waals surface area contributed by atoms with Crippen LogP contribution in [0.2, 0.25) is 0 Å². The van der Waals surface area contributed by atoms with Gasteiger partial charge in [0.2, 0.25) is 0 Å². The van der Waals surface area contributed by atoms with Crippen LogP contribution in [0.25, 0.3) is 0 Å². The summed E-state index contributed by atoms with van der Waals surface area (Å²) in [5.74, 6) is -1.60. The van der Waals surface area contributed by atoms with Crippen LogP contribution < -0.4 is 0 Å². The van der Waals surface area contributed by atoms with Crippen molar-refractivity contribution in [1.82, 2.24) is 4.90 Å². The number of halogens is 2. The van der Waals surface area contributed by atoms with E-state index < -0.39 is 11.6 Å². The lowest BCUT2D eigenvalue weighted by Crippen LogP contribution is -2.22. The molecule has 0 saturated heterocycles. The third kappa shape index (κ3) is 3.38. The van der Waals surface area contributed by atoms with Gasteiger partial charge >= 0.3 is 0 Å². The number of hydrogen-bond donors (Lipinski definition) is 0. The molecule has 0 radical (unpaired) electrons. The Hall–Kier alpha value is -1.74. The molecule has 0 fully saturated rings. The summed E-state index contributed by atoms with van der Waals surface area (Å²) in [5.41, 5.74) is 1.97. The van der Waals surface area contributed by atoms with E-state index >= 15 is 0 Å². The zero-order chi connectivity index (χ0) is 13.8. The van der Waals surface area contributed by atoms with E-state index in [-0.39, 0.29) is 6.04 Å². The molecule has 100 valence electrons. The molecular weight excluding hydrogens is 244 g/mol. The largest absolute Gasteiger partial charge is 0.295 e. The second kappa shape index (κ2) is 5.93. The zero-order valence-electron chi connectivity index (χ0n) is 11.1. The molecule has 0 amide bonds. The first-order chi connectivity index (χ1) is 9.08. The standard InChI is InChI=1S/C16H17F2N/c1-12(14-6-4-3-5-7-14)19(2)11-13-8-9-15(17)16(18)10-13/h3-10,12H,11H2,1-2H3. The maximum absolute atomic E-state index is 13.2. The highest BCUT2D eigenvalue weighted by Crippen LogP contribution is 2.20. The van der Waals surface area contributed by atoms with E-state index in [1.54, 1.807) is 6.07 Å². The summed E-state index contributed by atoms with van der Waals surface area (Å²) in [5, 5.41) is 0. The van der Waals surface area contributed by atoms with Crippen molar-refractivity contribution in [3.63, 3.8) is 0 Å². The Bertz CT molecular complexity index is 540. The van der Waals surface area contributed by atoms with Gasteiger partial charge in [0.25, 0.3) is 0 Å². The van der Waals surface area contributed by atoms with Gasteiger partial charge in [-0.1, -0.05) is 36.4 Å². The summed E-state index contributed by atoms with van der Waals surface area (Å²) in [6.07, 6.45) is 0. The summed E-state index contributed by atoms with van der Waals surface area (Å²) in [6, 6.07) is 14.4. The van der Waals surface area contributed by atoms with Crippen LogP contribution in [-0.4, -0.2) is 11.9 Å². The smallest absolute Gasteiger partial charge is 0.159 e. The topological polar surface area (TPSA) is 3.24 Å². The Morgan fingerprint density at radius 1 is 1.00 bits per heavy atom. The number of hydrogen-bond acceptors (Lipinski definition) is 1. The fourth-order valence-electron chi connectivity index (χ4n) is 2.05. The summed E-state index contributed by atoms with van der Waals surface area (Å²) in [6.45, 7) is 2.67. The van der Waals surface area contributed by atoms with Crippen LogP contribution in [0.1, 0.15) is 24.1 Å². The van der Waals surface area contributed by atoms with Crippen LogP contribution in [-0.2, 0) is 6.54 Å². The molecule has 0 heterocycles. The van der Waals surface area contributed by atoms with Crippen molar-refractivity contribution in [2.75, 3.05) is 7.05 Å². The lowest BCUT2D eigenvalue weighted by atomic mass is 10.1. The summed E-state index contributed by atoms with van der Waals surface area (Å²) >= 11 is 0. The van der Waals surface area contributed by atoms with Crippen LogP contribution in [0.4, 0.5) is 8.78 Å². The van der Waals surface area contributed by atoms with Crippen molar-refractivity contribution in [2.24, 2.45) is 0 Å². The van der Waals surface area contributed by atoms with Crippen LogP contribution in [0.3, 0.4) is 0 Å². The van der Waals surface area contributed by atoms with Gasteiger partial charge in [-0.3, -0.25) is 4.90 Å². The number of rotatable bonds is 4. The molecule has 0 spiro atoms. The van der Waals surface area contributed by atoms with Gasteiger partial charge in [0.05, 0.1) is 0 Å². The minimum absolute atomic E-state index is 0.217. The van der Waals surface area contributed by atoms with E-state index in [1.807, 2.05) is 25.2 Å². The molecule has 2 aromatic rings. The monoisotopic (exact) mass is 261 g/mol. The Kier molecular flexibility index (Phi) is 4.27. The molecule has 1 atom stereocenters. The fraction of sp³-hybridized carbons (Fsp3) is 0.250. The van der Waals surface area contributed by atoms with E-state index in [0.717, 1.165) is 5.56 Å². The molecule has 0 aromatic heterocycles. The third-order valence-corrected chi connectivity index (χ3v) is 3.36. The zero-order valence-corrected chi connectivity index (χ0v) is 11.1. The van der Waals surface area contributed by atoms with Crippen LogP contribution in [0, 0.1) is 11.6 Å². The van der Waals surface area contributed by atoms with Gasteiger partial charge in [-0.25, -0.2) is 8.78 Å². The van der Waals surface area contributed by atoms with Crippen molar-refractivity contribution < 1.29 is 8.78 Å². The summed E-state index contributed by atoms with van der Waals surface area (Å²) in [7, 11) is 1.97. The number of nitrogens with zero attached hydrogens (tertiary/aromatic N) is 1. The van der Waals surface area contributed by atoms with Gasteiger partial charge in [-0.15, -0.1) is 0 Å². The molecule has 0 aliphatic rings. The molecule has 2 rings (SSSR count). The minimum Gasteiger partial charge on any atom is -0.295 e. The van der Waals surface area contributed by atoms with E-state index in [4.69, 9.17) is 0 Å². The van der Waals surface area contributed by atoms with Gasteiger partial charge in [0, 0.05) is 12.6 Å². The predicted molar refractivity (Wildman–Crippen MR) is 72.7 cm³/mol. The maximum atomic E-state index is 13.2. The third-order valence-electron chi connectivity index (χ3n) is 3.36. The summed E-state index contributed by atoms with van der Waals surface area (Å²) in [4.78, 5) is 2.10. The second-order valence-electron chi connectivity index (χ2n) is 4.75. The van der Waals surface area contributed by atoms with E-state index in [9.17, 15) is 8.78 Å². The first kappa shape index (κ1) is 13.7. The van der Waals surface area contributed by atoms with Crippen molar-refractivity contribution in [2.45, 2.75) is 19.5 Å². The highest BCUT2D eigenvalue weighted by Gasteiger charge is 2.12. The van der Waals surface area contributed by atoms with E-state index in [2.05, 4.69) is 24.0 Å². The quantitative estimate of drug-likeness (QED) is 0.799. The van der Waals surface area contributed by atoms with Gasteiger partial charge in [0.1, 0.15) is 0 Å². The molecule has 19 heavy (non-hydrogen) atoms. The van der Waals surface area contributed by atoms with Crippen molar-refractivity contribution in [3.8, 4) is 0 Å². The second-order valence-corrected chi connectivity index (χ2v) is 4.75. The van der Waals surface area contributed by atoms with Gasteiger partial charge in [-0.05, 0) is 37.2 Å². The van der Waals surface area contributed by atoms with Gasteiger partial charge < -0.3 is 0 Å². The highest BCUT2D eigenvalue weighted by atomic mass is 19.2. The van der Waals surface area contributed by atoms with Crippen molar-refractivity contribution in [3.05, 3.63) is 71.3 Å². The average Bonchev–Trinajstić information content (AvgIpc) is 2.43. The van der Waals surface area contributed by atoms with Crippen molar-refractivity contribution in [1.29, 1.82) is 0 Å². The predicted octanol–water partition coefficient (Wildman–Crippen LogP) is 4.16. The molecule has 0 bridgehead atoms. The molecule has 0 N–H and O–H groups in total. The van der Waals surface area contributed by atoms with E-state index in [1.165, 1.54) is 17.7 Å². The van der Waals surface area contributed by atoms with Gasteiger partial charge in [0.15, 0.2) is 11.6 Å². The lowest BCUT2D eigenvalue weighted by molar-refractivity contribution is 0.252. The molecule has 1 unspecified atom stereocenters. The first-order valence-corrected chi connectivity index (χ1v) is 6.27. The lowest BCUT2D eigenvalue weighted by Gasteiger charge is -2.25. The average molecular weight is 261 g/mol. The fourth-order valence-corrected chi connectivity index (χ4v) is 2.05. The SMILES string of the molecule is CC(c1ccccc1)N(C)Cc1ccc(F)c(F)c1. The molecule has 0 aliphatic carbocycles. The highest BCUT2D eigenvalue weighted by molar-refractivity contribution is 5.20. The Balaban J connectivity index is 2.08. The van der Waals surface area contributed by atoms with Crippen LogP contribution in [0.15, 0.2) is 48.5 Å². The number of benzene rings is 2. The molecule has 3 heteroatoms. The molecule has 1 nitrogen and oxygen atoms in total. The van der Waals surface area contributed by atoms with Gasteiger partial charge in [-0.2, -0.15) is 0 Å². The minimum atomic E-state index is -0.803. The molecule has 0 aliphatic heterocycles. The van der Waals surface area contributed by atoms with Crippen molar-refractivity contribution >= 4 is 0 Å². The molecule has 0 saturated carbocycles. The normalized spacial score (nSPS) is 12.7. The Morgan fingerprint density at radius 2 is 1.68 bits per heavy atom. The maximum Gasteiger partial charge on any atom is 0.159 e. The Labute approximate surface area is 112 Å².